The molecule has 0 bridgehead atoms. The number of carbonyl (C=O) groups is 3. The molecule has 12 heteroatoms. The minimum Gasteiger partial charge on any atom is -0.475 e. The zero-order valence-electron chi connectivity index (χ0n) is 23.5. The molecule has 3 aromatic carbocycles. The smallest absolute Gasteiger partial charge is 0.371 e. The largest absolute Gasteiger partial charge is 0.475 e. The summed E-state index contributed by atoms with van der Waals surface area (Å²) in [6.45, 7) is 1.37. The molecule has 1 fully saturated rings. The Labute approximate surface area is 253 Å². The van der Waals surface area contributed by atoms with Crippen LogP contribution in [0.3, 0.4) is 0 Å². The molecular formula is C32H30N4O7S. The van der Waals surface area contributed by atoms with Gasteiger partial charge in [0.25, 0.3) is 5.91 Å². The fourth-order valence-electron chi connectivity index (χ4n) is 4.96. The third-order valence-corrected chi connectivity index (χ3v) is 8.81. The predicted molar refractivity (Wildman–Crippen MR) is 164 cm³/mol. The van der Waals surface area contributed by atoms with Crippen molar-refractivity contribution in [3.63, 3.8) is 0 Å². The number of fused-ring (bicyclic) bond motifs is 1. The number of carbonyl (C=O) groups excluding carboxylic acids is 2. The number of carboxylic acid groups (broad SMARTS) is 1. The van der Waals surface area contributed by atoms with Gasteiger partial charge in [-0.3, -0.25) is 19.5 Å². The van der Waals surface area contributed by atoms with Crippen LogP contribution in [0, 0.1) is 0 Å². The molecule has 0 radical (unpaired) electrons. The molecule has 11 nitrogen and oxygen atoms in total. The quantitative estimate of drug-likeness (QED) is 0.296. The van der Waals surface area contributed by atoms with Crippen LogP contribution in [-0.2, 0) is 21.2 Å². The van der Waals surface area contributed by atoms with Crippen LogP contribution in [0.4, 0.5) is 5.69 Å². The van der Waals surface area contributed by atoms with E-state index in [2.05, 4.69) is 5.32 Å². The van der Waals surface area contributed by atoms with Crippen LogP contribution in [-0.4, -0.2) is 66.5 Å². The minimum absolute atomic E-state index is 0.0929. The molecule has 0 saturated carbocycles. The highest BCUT2D eigenvalue weighted by Crippen LogP contribution is 2.31. The van der Waals surface area contributed by atoms with Gasteiger partial charge in [0.1, 0.15) is 5.76 Å². The third kappa shape index (κ3) is 7.10. The van der Waals surface area contributed by atoms with E-state index in [1.54, 1.807) is 30.3 Å². The van der Waals surface area contributed by atoms with Crippen molar-refractivity contribution in [2.24, 2.45) is 10.7 Å². The summed E-state index contributed by atoms with van der Waals surface area (Å²) in [5, 5.41) is 11.6. The Morgan fingerprint density at radius 1 is 0.932 bits per heavy atom. The number of benzodiazepines with no additional fused rings is 1. The fourth-order valence-corrected chi connectivity index (χ4v) is 6.24. The van der Waals surface area contributed by atoms with Gasteiger partial charge in [-0.2, -0.15) is 0 Å². The molecule has 4 N–H and O–H groups in total. The number of aliphatic imine (C=N–C) groups is 1. The van der Waals surface area contributed by atoms with Crippen LogP contribution in [0.1, 0.15) is 49.4 Å². The first kappa shape index (κ1) is 30.4. The van der Waals surface area contributed by atoms with E-state index in [0.29, 0.717) is 47.9 Å². The Kier molecular flexibility index (Phi) is 9.02. The number of amides is 2. The van der Waals surface area contributed by atoms with E-state index in [-0.39, 0.29) is 23.2 Å². The maximum atomic E-state index is 13.0. The first-order chi connectivity index (χ1) is 21.1. The molecule has 6 rings (SSSR count). The van der Waals surface area contributed by atoms with Crippen molar-refractivity contribution >= 4 is 39.0 Å². The number of furan rings is 1. The van der Waals surface area contributed by atoms with Crippen molar-refractivity contribution in [3.05, 3.63) is 125 Å². The molecule has 4 aromatic rings. The average Bonchev–Trinajstić information content (AvgIpc) is 3.43. The van der Waals surface area contributed by atoms with E-state index >= 15 is 0 Å². The van der Waals surface area contributed by atoms with Crippen molar-refractivity contribution in [1.82, 2.24) is 4.90 Å². The van der Waals surface area contributed by atoms with Crippen LogP contribution >= 0.6 is 0 Å². The summed E-state index contributed by atoms with van der Waals surface area (Å²) in [6.07, 6.45) is 0. The number of nitrogens with two attached hydrogens (primary N) is 1. The summed E-state index contributed by atoms with van der Waals surface area (Å²) in [7, 11) is -2.88. The number of para-hydroxylation sites is 1. The monoisotopic (exact) mass is 614 g/mol. The van der Waals surface area contributed by atoms with Gasteiger partial charge in [0.15, 0.2) is 15.9 Å². The lowest BCUT2D eigenvalue weighted by atomic mass is 9.98. The second-order valence-corrected chi connectivity index (χ2v) is 12.5. The van der Waals surface area contributed by atoms with E-state index in [4.69, 9.17) is 20.2 Å². The zero-order chi connectivity index (χ0) is 31.3. The molecule has 1 atom stereocenters. The minimum atomic E-state index is -2.88. The number of rotatable bonds is 6. The SMILES string of the molecule is NC(=O)c1ccccc1C1N=C(c2ccccc2)c2ccccc2NC1=O.O=C(O)c1ccc(CN2CCS(=O)(=O)CC2)o1. The summed E-state index contributed by atoms with van der Waals surface area (Å²) >= 11 is 0. The van der Waals surface area contributed by atoms with Gasteiger partial charge in [0, 0.05) is 29.8 Å². The van der Waals surface area contributed by atoms with Crippen LogP contribution in [0.25, 0.3) is 0 Å². The van der Waals surface area contributed by atoms with Gasteiger partial charge in [-0.15, -0.1) is 0 Å². The van der Waals surface area contributed by atoms with Crippen LogP contribution in [0.2, 0.25) is 0 Å². The lowest BCUT2D eigenvalue weighted by Gasteiger charge is -2.25. The summed E-state index contributed by atoms with van der Waals surface area (Å²) in [6, 6.07) is 26.1. The molecule has 2 amide bonds. The van der Waals surface area contributed by atoms with Crippen molar-refractivity contribution in [1.29, 1.82) is 0 Å². The van der Waals surface area contributed by atoms with Gasteiger partial charge >= 0.3 is 5.97 Å². The number of anilines is 1. The van der Waals surface area contributed by atoms with Crippen molar-refractivity contribution < 1.29 is 32.3 Å². The molecule has 1 unspecified atom stereocenters. The van der Waals surface area contributed by atoms with Crippen LogP contribution < -0.4 is 11.1 Å². The predicted octanol–water partition coefficient (Wildman–Crippen LogP) is 3.52. The van der Waals surface area contributed by atoms with Gasteiger partial charge in [0.05, 0.1) is 29.4 Å². The number of hydrogen-bond donors (Lipinski definition) is 3. The maximum absolute atomic E-state index is 13.0. The number of sulfone groups is 1. The number of aromatic carboxylic acids is 1. The summed E-state index contributed by atoms with van der Waals surface area (Å²) in [5.74, 6) is -1.23. The second kappa shape index (κ2) is 13.1. The molecule has 2 aliphatic rings. The highest BCUT2D eigenvalue weighted by Gasteiger charge is 2.29. The second-order valence-electron chi connectivity index (χ2n) is 10.2. The lowest BCUT2D eigenvalue weighted by molar-refractivity contribution is -0.117. The first-order valence-electron chi connectivity index (χ1n) is 13.8. The van der Waals surface area contributed by atoms with E-state index < -0.39 is 27.8 Å². The highest BCUT2D eigenvalue weighted by molar-refractivity contribution is 7.91. The Morgan fingerprint density at radius 3 is 2.27 bits per heavy atom. The molecule has 226 valence electrons. The van der Waals surface area contributed by atoms with Gasteiger partial charge in [-0.05, 0) is 29.8 Å². The number of primary amides is 1. The van der Waals surface area contributed by atoms with E-state index in [0.717, 1.165) is 11.1 Å². The van der Waals surface area contributed by atoms with Crippen molar-refractivity contribution in [2.45, 2.75) is 12.6 Å². The number of hydrogen-bond acceptors (Lipinski definition) is 8. The number of nitrogens with zero attached hydrogens (tertiary/aromatic N) is 2. The molecule has 1 saturated heterocycles. The third-order valence-electron chi connectivity index (χ3n) is 7.20. The van der Waals surface area contributed by atoms with Crippen LogP contribution in [0.5, 0.6) is 0 Å². The fraction of sp³-hybridized carbons (Fsp3) is 0.188. The highest BCUT2D eigenvalue weighted by atomic mass is 32.2. The lowest BCUT2D eigenvalue weighted by Crippen LogP contribution is -2.39. The van der Waals surface area contributed by atoms with Gasteiger partial charge in [-0.1, -0.05) is 66.7 Å². The van der Waals surface area contributed by atoms with Crippen molar-refractivity contribution in [3.8, 4) is 0 Å². The Balaban J connectivity index is 0.000000195. The van der Waals surface area contributed by atoms with E-state index in [1.807, 2.05) is 59.5 Å². The molecule has 44 heavy (non-hydrogen) atoms. The summed E-state index contributed by atoms with van der Waals surface area (Å²) in [4.78, 5) is 42.1. The van der Waals surface area contributed by atoms with Gasteiger partial charge in [-0.25, -0.2) is 13.2 Å². The Morgan fingerprint density at radius 2 is 1.59 bits per heavy atom. The normalized spacial score (nSPS) is 17.6. The standard InChI is InChI=1S/C22H17N3O2.C10H13NO5S/c23-21(26)16-11-5-4-10-15(16)20-22(27)24-18-13-7-6-12-17(18)19(25-20)14-8-2-1-3-9-14;12-10(13)9-2-1-8(16-9)7-11-3-5-17(14,15)6-4-11/h1-13,20H,(H2,23,26)(H,24,27);1-2H,3-7H2,(H,12,13). The number of benzene rings is 3. The molecule has 1 aromatic heterocycles. The topological polar surface area (TPSA) is 172 Å². The summed E-state index contributed by atoms with van der Waals surface area (Å²) < 4.78 is 27.5. The van der Waals surface area contributed by atoms with Gasteiger partial charge < -0.3 is 20.6 Å². The van der Waals surface area contributed by atoms with E-state index in [1.165, 1.54) is 6.07 Å². The molecule has 0 aliphatic carbocycles. The molecule has 3 heterocycles. The van der Waals surface area contributed by atoms with Crippen LogP contribution in [0.15, 0.2) is 100 Å². The van der Waals surface area contributed by atoms with Gasteiger partial charge in [0.2, 0.25) is 11.7 Å². The molecule has 2 aliphatic heterocycles. The Bertz CT molecular complexity index is 1820. The summed E-state index contributed by atoms with van der Waals surface area (Å²) in [5.41, 5.74) is 9.39. The average molecular weight is 615 g/mol. The zero-order valence-corrected chi connectivity index (χ0v) is 24.4. The molecule has 0 spiro atoms. The first-order valence-corrected chi connectivity index (χ1v) is 15.6. The van der Waals surface area contributed by atoms with Crippen molar-refractivity contribution in [2.75, 3.05) is 29.9 Å². The number of nitrogens with one attached hydrogen (secondary N) is 1. The maximum Gasteiger partial charge on any atom is 0.371 e. The van der Waals surface area contributed by atoms with E-state index in [9.17, 15) is 22.8 Å². The number of carboxylic acids is 1. The molecular weight excluding hydrogens is 584 g/mol. The Hall–Kier alpha value is -5.07.